The van der Waals surface area contributed by atoms with Gasteiger partial charge in [-0.05, 0) is 0 Å². The fourth-order valence-corrected chi connectivity index (χ4v) is 0.939. The van der Waals surface area contributed by atoms with Gasteiger partial charge in [0.15, 0.2) is 5.82 Å². The molecule has 1 aromatic heterocycles. The van der Waals surface area contributed by atoms with Gasteiger partial charge in [-0.2, -0.15) is 18.3 Å². The van der Waals surface area contributed by atoms with Crippen LogP contribution in [0.3, 0.4) is 0 Å². The van der Waals surface area contributed by atoms with Gasteiger partial charge >= 0.3 is 12.1 Å². The SMILES string of the molecule is O=C(O)c1n[nH]c(CCC(F)(F)F)c1F. The van der Waals surface area contributed by atoms with Crippen LogP contribution in [-0.2, 0) is 6.42 Å². The van der Waals surface area contributed by atoms with Crippen molar-refractivity contribution in [2.45, 2.75) is 19.0 Å². The number of carbonyl (C=O) groups is 1. The van der Waals surface area contributed by atoms with Crippen molar-refractivity contribution < 1.29 is 27.5 Å². The summed E-state index contributed by atoms with van der Waals surface area (Å²) in [5.41, 5.74) is -1.35. The molecule has 0 fully saturated rings. The highest BCUT2D eigenvalue weighted by atomic mass is 19.4. The smallest absolute Gasteiger partial charge is 0.389 e. The van der Waals surface area contributed by atoms with E-state index in [1.165, 1.54) is 0 Å². The third kappa shape index (κ3) is 2.93. The highest BCUT2D eigenvalue weighted by molar-refractivity contribution is 5.85. The zero-order valence-corrected chi connectivity index (χ0v) is 7.23. The number of aryl methyl sites for hydroxylation is 1. The number of aromatic amines is 1. The molecule has 0 saturated carbocycles. The van der Waals surface area contributed by atoms with Crippen LogP contribution in [0, 0.1) is 5.82 Å². The molecule has 0 aliphatic rings. The first-order chi connectivity index (χ1) is 6.81. The Labute approximate surface area is 80.9 Å². The number of nitrogens with zero attached hydrogens (tertiary/aromatic N) is 1. The zero-order valence-electron chi connectivity index (χ0n) is 7.23. The van der Waals surface area contributed by atoms with Crippen LogP contribution in [0.25, 0.3) is 0 Å². The molecule has 0 radical (unpaired) electrons. The maximum atomic E-state index is 13.0. The topological polar surface area (TPSA) is 66.0 Å². The second-order valence-corrected chi connectivity index (χ2v) is 2.79. The number of aromatic nitrogens is 2. The number of hydrogen-bond acceptors (Lipinski definition) is 2. The Bertz CT molecular complexity index is 372. The predicted octanol–water partition coefficient (Wildman–Crippen LogP) is 1.74. The van der Waals surface area contributed by atoms with Gasteiger partial charge in [0.2, 0.25) is 5.69 Å². The zero-order chi connectivity index (χ0) is 11.6. The molecule has 0 aliphatic carbocycles. The summed E-state index contributed by atoms with van der Waals surface area (Å²) in [6.07, 6.45) is -6.30. The first kappa shape index (κ1) is 11.5. The Balaban J connectivity index is 2.75. The molecule has 4 nitrogen and oxygen atoms in total. The number of H-pyrrole nitrogens is 1. The van der Waals surface area contributed by atoms with Crippen LogP contribution in [0.2, 0.25) is 0 Å². The van der Waals surface area contributed by atoms with E-state index in [1.807, 2.05) is 5.10 Å². The van der Waals surface area contributed by atoms with Crippen LogP contribution in [0.4, 0.5) is 17.6 Å². The van der Waals surface area contributed by atoms with Gasteiger partial charge in [0, 0.05) is 12.8 Å². The van der Waals surface area contributed by atoms with Gasteiger partial charge in [-0.3, -0.25) is 5.10 Å². The van der Waals surface area contributed by atoms with E-state index in [2.05, 4.69) is 5.10 Å². The molecule has 0 amide bonds. The Kier molecular flexibility index (Phi) is 2.96. The van der Waals surface area contributed by atoms with Crippen molar-refractivity contribution in [1.82, 2.24) is 10.2 Å². The molecular weight excluding hydrogens is 220 g/mol. The number of carboxylic acids is 1. The van der Waals surface area contributed by atoms with E-state index >= 15 is 0 Å². The van der Waals surface area contributed by atoms with Gasteiger partial charge < -0.3 is 5.11 Å². The summed E-state index contributed by atoms with van der Waals surface area (Å²) in [5.74, 6) is -2.87. The van der Waals surface area contributed by atoms with Crippen LogP contribution in [-0.4, -0.2) is 27.4 Å². The third-order valence-corrected chi connectivity index (χ3v) is 1.64. The van der Waals surface area contributed by atoms with E-state index in [-0.39, 0.29) is 0 Å². The average molecular weight is 226 g/mol. The fourth-order valence-electron chi connectivity index (χ4n) is 0.939. The van der Waals surface area contributed by atoms with Crippen molar-refractivity contribution in [2.75, 3.05) is 0 Å². The van der Waals surface area contributed by atoms with Crippen molar-refractivity contribution >= 4 is 5.97 Å². The summed E-state index contributed by atoms with van der Waals surface area (Å²) in [7, 11) is 0. The number of nitrogens with one attached hydrogen (secondary N) is 1. The van der Waals surface area contributed by atoms with E-state index in [0.717, 1.165) is 0 Å². The molecule has 1 heterocycles. The average Bonchev–Trinajstić information content (AvgIpc) is 2.42. The molecule has 15 heavy (non-hydrogen) atoms. The van der Waals surface area contributed by atoms with E-state index in [9.17, 15) is 22.4 Å². The van der Waals surface area contributed by atoms with Gasteiger partial charge in [0.25, 0.3) is 0 Å². The molecule has 0 aliphatic heterocycles. The maximum Gasteiger partial charge on any atom is 0.389 e. The molecule has 0 spiro atoms. The molecule has 1 aromatic rings. The molecule has 0 unspecified atom stereocenters. The number of carboxylic acid groups (broad SMARTS) is 1. The van der Waals surface area contributed by atoms with Crippen LogP contribution in [0.15, 0.2) is 0 Å². The van der Waals surface area contributed by atoms with Crippen molar-refractivity contribution in [1.29, 1.82) is 0 Å². The van der Waals surface area contributed by atoms with Gasteiger partial charge in [0.05, 0.1) is 5.69 Å². The lowest BCUT2D eigenvalue weighted by Crippen LogP contribution is -2.09. The molecule has 84 valence electrons. The summed E-state index contributed by atoms with van der Waals surface area (Å²) >= 11 is 0. The summed E-state index contributed by atoms with van der Waals surface area (Å²) in [4.78, 5) is 10.3. The summed E-state index contributed by atoms with van der Waals surface area (Å²) in [6, 6.07) is 0. The van der Waals surface area contributed by atoms with Crippen molar-refractivity contribution in [3.63, 3.8) is 0 Å². The second-order valence-electron chi connectivity index (χ2n) is 2.79. The third-order valence-electron chi connectivity index (χ3n) is 1.64. The van der Waals surface area contributed by atoms with Crippen LogP contribution < -0.4 is 0 Å². The Morgan fingerprint density at radius 3 is 2.47 bits per heavy atom. The minimum Gasteiger partial charge on any atom is -0.476 e. The first-order valence-corrected chi connectivity index (χ1v) is 3.84. The second kappa shape index (κ2) is 3.87. The Morgan fingerprint density at radius 2 is 2.07 bits per heavy atom. The number of hydrogen-bond donors (Lipinski definition) is 2. The van der Waals surface area contributed by atoms with Crippen LogP contribution >= 0.6 is 0 Å². The highest BCUT2D eigenvalue weighted by Crippen LogP contribution is 2.22. The number of rotatable bonds is 3. The highest BCUT2D eigenvalue weighted by Gasteiger charge is 2.28. The monoisotopic (exact) mass is 226 g/mol. The molecule has 0 aromatic carbocycles. The molecular formula is C7H6F4N2O2. The predicted molar refractivity (Wildman–Crippen MR) is 39.9 cm³/mol. The minimum absolute atomic E-state index is 0.454. The number of halogens is 4. The molecule has 1 rings (SSSR count). The first-order valence-electron chi connectivity index (χ1n) is 3.84. The van der Waals surface area contributed by atoms with Gasteiger partial charge in [-0.15, -0.1) is 0 Å². The molecule has 0 bridgehead atoms. The van der Waals surface area contributed by atoms with Crippen LogP contribution in [0.5, 0.6) is 0 Å². The lowest BCUT2D eigenvalue weighted by molar-refractivity contribution is -0.134. The number of alkyl halides is 3. The Morgan fingerprint density at radius 1 is 1.47 bits per heavy atom. The Hall–Kier alpha value is -1.60. The van der Waals surface area contributed by atoms with E-state index < -0.39 is 42.2 Å². The molecule has 2 N–H and O–H groups in total. The number of aromatic carboxylic acids is 1. The van der Waals surface area contributed by atoms with Crippen molar-refractivity contribution in [2.24, 2.45) is 0 Å². The van der Waals surface area contributed by atoms with Gasteiger partial charge in [0.1, 0.15) is 0 Å². The normalized spacial score (nSPS) is 11.7. The molecule has 8 heteroatoms. The van der Waals surface area contributed by atoms with Gasteiger partial charge in [-0.1, -0.05) is 0 Å². The van der Waals surface area contributed by atoms with E-state index in [1.54, 1.807) is 0 Å². The quantitative estimate of drug-likeness (QED) is 0.771. The van der Waals surface area contributed by atoms with Crippen molar-refractivity contribution in [3.05, 3.63) is 17.2 Å². The lowest BCUT2D eigenvalue weighted by Gasteiger charge is -2.03. The molecule has 0 atom stereocenters. The van der Waals surface area contributed by atoms with Crippen molar-refractivity contribution in [3.8, 4) is 0 Å². The standard InChI is InChI=1S/C7H6F4N2O2/c8-4-3(1-2-7(9,10)11)12-13-5(4)6(14)15/h1-2H2,(H,12,13)(H,14,15). The van der Waals surface area contributed by atoms with Gasteiger partial charge in [-0.25, -0.2) is 9.18 Å². The fraction of sp³-hybridized carbons (Fsp3) is 0.429. The van der Waals surface area contributed by atoms with E-state index in [0.29, 0.717) is 0 Å². The summed E-state index contributed by atoms with van der Waals surface area (Å²) in [5, 5.41) is 13.3. The molecule has 0 saturated heterocycles. The minimum atomic E-state index is -4.42. The summed E-state index contributed by atoms with van der Waals surface area (Å²) < 4.78 is 48.3. The lowest BCUT2D eigenvalue weighted by atomic mass is 10.2. The van der Waals surface area contributed by atoms with Crippen LogP contribution in [0.1, 0.15) is 22.6 Å². The maximum absolute atomic E-state index is 13.0. The van der Waals surface area contributed by atoms with E-state index in [4.69, 9.17) is 5.11 Å². The largest absolute Gasteiger partial charge is 0.476 e. The summed E-state index contributed by atoms with van der Waals surface area (Å²) in [6.45, 7) is 0.